The molecule has 1 aliphatic carbocycles. The molecule has 3 aromatic heterocycles. The van der Waals surface area contributed by atoms with Crippen molar-refractivity contribution in [2.75, 3.05) is 10.6 Å². The van der Waals surface area contributed by atoms with Crippen LogP contribution in [0.5, 0.6) is 0 Å². The number of hydrogen-bond acceptors (Lipinski definition) is 7. The van der Waals surface area contributed by atoms with Crippen LogP contribution >= 0.6 is 11.6 Å². The van der Waals surface area contributed by atoms with Crippen molar-refractivity contribution in [3.05, 3.63) is 100 Å². The van der Waals surface area contributed by atoms with Gasteiger partial charge in [0.1, 0.15) is 17.6 Å². The first-order valence-electron chi connectivity index (χ1n) is 11.9. The molecular weight excluding hydrogens is 529 g/mol. The van der Waals surface area contributed by atoms with E-state index in [0.29, 0.717) is 34.0 Å². The van der Waals surface area contributed by atoms with Gasteiger partial charge in [-0.25, -0.2) is 18.4 Å². The third kappa shape index (κ3) is 4.94. The first-order valence-corrected chi connectivity index (χ1v) is 12.3. The van der Waals surface area contributed by atoms with Crippen LogP contribution in [0.1, 0.15) is 41.7 Å². The van der Waals surface area contributed by atoms with E-state index in [1.54, 1.807) is 24.3 Å². The Bertz CT molecular complexity index is 1750. The van der Waals surface area contributed by atoms with Crippen molar-refractivity contribution in [3.8, 4) is 6.07 Å². The van der Waals surface area contributed by atoms with Gasteiger partial charge in [-0.2, -0.15) is 9.65 Å². The molecule has 0 radical (unpaired) electrons. The Morgan fingerprint density at radius 1 is 1.03 bits per heavy atom. The maximum Gasteiger partial charge on any atom is 0.249 e. The van der Waals surface area contributed by atoms with Crippen LogP contribution < -0.4 is 10.6 Å². The zero-order chi connectivity index (χ0) is 27.1. The van der Waals surface area contributed by atoms with Gasteiger partial charge in [0.05, 0.1) is 52.0 Å². The third-order valence-corrected chi connectivity index (χ3v) is 6.66. The number of aromatic nitrogens is 5. The third-order valence-electron chi connectivity index (χ3n) is 6.37. The van der Waals surface area contributed by atoms with Gasteiger partial charge < -0.3 is 10.6 Å². The highest BCUT2D eigenvalue weighted by Gasteiger charge is 2.27. The van der Waals surface area contributed by atoms with E-state index in [4.69, 9.17) is 11.6 Å². The van der Waals surface area contributed by atoms with E-state index in [9.17, 15) is 18.4 Å². The Labute approximate surface area is 225 Å². The Morgan fingerprint density at radius 2 is 1.82 bits per heavy atom. The minimum atomic E-state index is -1.24. The summed E-state index contributed by atoms with van der Waals surface area (Å²) in [5, 5.41) is 25.4. The molecule has 12 heteroatoms. The Balaban J connectivity index is 1.44. The highest BCUT2D eigenvalue weighted by atomic mass is 35.5. The summed E-state index contributed by atoms with van der Waals surface area (Å²) in [5.74, 6) is -2.75. The summed E-state index contributed by atoms with van der Waals surface area (Å²) in [5.41, 5.74) is 2.88. The average molecular weight is 547 g/mol. The van der Waals surface area contributed by atoms with Crippen molar-refractivity contribution < 1.29 is 13.2 Å². The van der Waals surface area contributed by atoms with E-state index >= 15 is 0 Å². The van der Waals surface area contributed by atoms with Crippen LogP contribution in [0.25, 0.3) is 10.9 Å². The standard InChI is InChI=1S/C27H18ClF3N8/c28-21-8-17(35-25(14-1-3-16(29)4-2-14)23-13-39(38-37-23)19-5-6-19)7-20-24(15(10-32)11-33-26(20)21)36-18-9-22(30)27(31)34-12-18/h1-4,7-9,11-13,19,25,35H,5-6H2,(H,33,36)/t25-/m0/s1. The topological polar surface area (TPSA) is 104 Å². The average Bonchev–Trinajstić information content (AvgIpc) is 3.67. The summed E-state index contributed by atoms with van der Waals surface area (Å²) in [4.78, 5) is 7.72. The molecule has 3 heterocycles. The number of benzene rings is 2. The lowest BCUT2D eigenvalue weighted by atomic mass is 10.0. The lowest BCUT2D eigenvalue weighted by Crippen LogP contribution is -2.13. The monoisotopic (exact) mass is 546 g/mol. The molecule has 2 N–H and O–H groups in total. The molecule has 0 aliphatic heterocycles. The molecule has 8 nitrogen and oxygen atoms in total. The number of hydrogen-bond donors (Lipinski definition) is 2. The van der Waals surface area contributed by atoms with Crippen LogP contribution in [0.3, 0.4) is 0 Å². The van der Waals surface area contributed by atoms with Gasteiger partial charge in [-0.1, -0.05) is 28.9 Å². The van der Waals surface area contributed by atoms with Crippen LogP contribution in [-0.2, 0) is 0 Å². The van der Waals surface area contributed by atoms with Gasteiger partial charge in [0.15, 0.2) is 5.82 Å². The van der Waals surface area contributed by atoms with Crippen molar-refractivity contribution >= 4 is 39.6 Å². The van der Waals surface area contributed by atoms with Gasteiger partial charge >= 0.3 is 0 Å². The van der Waals surface area contributed by atoms with Gasteiger partial charge in [0, 0.05) is 23.3 Å². The second-order valence-corrected chi connectivity index (χ2v) is 9.53. The SMILES string of the molecule is N#Cc1cnc2c(Cl)cc(N[C@@H](c3ccc(F)cc3)c3cn(C4CC4)nn3)cc2c1Nc1cnc(F)c(F)c1. The zero-order valence-corrected chi connectivity index (χ0v) is 20.8. The number of rotatable bonds is 7. The Kier molecular flexibility index (Phi) is 6.24. The fraction of sp³-hybridized carbons (Fsp3) is 0.148. The second kappa shape index (κ2) is 9.89. The van der Waals surface area contributed by atoms with Crippen molar-refractivity contribution in [3.63, 3.8) is 0 Å². The number of nitrogens with one attached hydrogen (secondary N) is 2. The van der Waals surface area contributed by atoms with E-state index in [2.05, 4.69) is 37.0 Å². The first kappa shape index (κ1) is 24.6. The van der Waals surface area contributed by atoms with Gasteiger partial charge in [0.25, 0.3) is 0 Å². The highest BCUT2D eigenvalue weighted by Crippen LogP contribution is 2.38. The van der Waals surface area contributed by atoms with Gasteiger partial charge in [-0.05, 0) is 42.7 Å². The molecule has 1 fully saturated rings. The maximum absolute atomic E-state index is 13.8. The molecule has 0 bridgehead atoms. The number of halogens is 4. The number of fused-ring (bicyclic) bond motifs is 1. The van der Waals surface area contributed by atoms with Crippen LogP contribution in [-0.4, -0.2) is 25.0 Å². The predicted molar refractivity (Wildman–Crippen MR) is 139 cm³/mol. The number of anilines is 3. The van der Waals surface area contributed by atoms with Crippen LogP contribution in [0.2, 0.25) is 5.02 Å². The molecule has 6 rings (SSSR count). The minimum absolute atomic E-state index is 0.133. The van der Waals surface area contributed by atoms with E-state index in [-0.39, 0.29) is 22.1 Å². The molecule has 0 saturated heterocycles. The molecule has 1 aliphatic rings. The molecule has 194 valence electrons. The summed E-state index contributed by atoms with van der Waals surface area (Å²) >= 11 is 6.61. The van der Waals surface area contributed by atoms with Crippen molar-refractivity contribution in [2.45, 2.75) is 24.9 Å². The molecule has 0 unspecified atom stereocenters. The minimum Gasteiger partial charge on any atom is -0.373 e. The van der Waals surface area contributed by atoms with Gasteiger partial charge in [-0.3, -0.25) is 4.98 Å². The largest absolute Gasteiger partial charge is 0.373 e. The fourth-order valence-corrected chi connectivity index (χ4v) is 4.55. The lowest BCUT2D eigenvalue weighted by molar-refractivity contribution is 0.480. The highest BCUT2D eigenvalue weighted by molar-refractivity contribution is 6.36. The smallest absolute Gasteiger partial charge is 0.249 e. The normalized spacial score (nSPS) is 13.7. The summed E-state index contributed by atoms with van der Waals surface area (Å²) in [7, 11) is 0. The van der Waals surface area contributed by atoms with Crippen LogP contribution in [0.4, 0.5) is 30.2 Å². The molecule has 2 aromatic carbocycles. The lowest BCUT2D eigenvalue weighted by Gasteiger charge is -2.20. The van der Waals surface area contributed by atoms with Crippen molar-refractivity contribution in [1.82, 2.24) is 25.0 Å². The molecule has 1 saturated carbocycles. The van der Waals surface area contributed by atoms with Gasteiger partial charge in [0.2, 0.25) is 5.95 Å². The number of pyridine rings is 2. The molecule has 1 atom stereocenters. The molecule has 5 aromatic rings. The van der Waals surface area contributed by atoms with Crippen molar-refractivity contribution in [2.24, 2.45) is 0 Å². The van der Waals surface area contributed by atoms with Crippen LogP contribution in [0.15, 0.2) is 61.1 Å². The summed E-state index contributed by atoms with van der Waals surface area (Å²) in [6, 6.07) is 12.3. The second-order valence-electron chi connectivity index (χ2n) is 9.12. The molecular formula is C27H18ClF3N8. The fourth-order valence-electron chi connectivity index (χ4n) is 4.29. The predicted octanol–water partition coefficient (Wildman–Crippen LogP) is 6.44. The van der Waals surface area contributed by atoms with Crippen molar-refractivity contribution in [1.29, 1.82) is 5.26 Å². The molecule has 0 amide bonds. The van der Waals surface area contributed by atoms with E-state index in [1.807, 2.05) is 10.9 Å². The first-order chi connectivity index (χ1) is 18.9. The number of nitriles is 1. The van der Waals surface area contributed by atoms with Crippen LogP contribution in [0, 0.1) is 28.9 Å². The summed E-state index contributed by atoms with van der Waals surface area (Å²) in [6.07, 6.45) is 6.39. The van der Waals surface area contributed by atoms with E-state index in [1.165, 1.54) is 18.3 Å². The molecule has 39 heavy (non-hydrogen) atoms. The van der Waals surface area contributed by atoms with E-state index < -0.39 is 17.8 Å². The summed E-state index contributed by atoms with van der Waals surface area (Å²) in [6.45, 7) is 0. The van der Waals surface area contributed by atoms with E-state index in [0.717, 1.165) is 30.7 Å². The maximum atomic E-state index is 13.8. The summed E-state index contributed by atoms with van der Waals surface area (Å²) < 4.78 is 42.7. The Morgan fingerprint density at radius 3 is 2.54 bits per heavy atom. The molecule has 0 spiro atoms. The Hall–Kier alpha value is -4.69. The zero-order valence-electron chi connectivity index (χ0n) is 20.0. The van der Waals surface area contributed by atoms with Gasteiger partial charge in [-0.15, -0.1) is 5.10 Å². The quantitative estimate of drug-likeness (QED) is 0.226. The number of nitrogens with zero attached hydrogens (tertiary/aromatic N) is 6.